The van der Waals surface area contributed by atoms with Gasteiger partial charge >= 0.3 is 0 Å². The number of nitrogens with one attached hydrogen (secondary N) is 1. The number of aromatic nitrogens is 1. The standard InChI is InChI=1S/C19H20N2O2S2/c1-13(2)17-10-9-15(18-12-24-14(3)20-18)11-19(17)25(22,23)21-16-7-5-4-6-8-16/h4-13,21H,1-3H3. The van der Waals surface area contributed by atoms with Gasteiger partial charge in [0.1, 0.15) is 0 Å². The minimum Gasteiger partial charge on any atom is -0.280 e. The molecular weight excluding hydrogens is 352 g/mol. The van der Waals surface area contributed by atoms with Crippen LogP contribution in [0.2, 0.25) is 0 Å². The highest BCUT2D eigenvalue weighted by atomic mass is 32.2. The molecule has 130 valence electrons. The molecule has 0 radical (unpaired) electrons. The lowest BCUT2D eigenvalue weighted by Gasteiger charge is -2.16. The minimum atomic E-state index is -3.69. The molecule has 1 aromatic heterocycles. The number of para-hydroxylation sites is 1. The first-order valence-corrected chi connectivity index (χ1v) is 10.4. The molecule has 0 unspecified atom stereocenters. The quantitative estimate of drug-likeness (QED) is 0.682. The molecule has 25 heavy (non-hydrogen) atoms. The second-order valence-electron chi connectivity index (χ2n) is 6.13. The predicted octanol–water partition coefficient (Wildman–Crippen LogP) is 5.04. The number of nitrogens with zero attached hydrogens (tertiary/aromatic N) is 1. The van der Waals surface area contributed by atoms with Gasteiger partial charge in [-0.2, -0.15) is 0 Å². The van der Waals surface area contributed by atoms with Crippen LogP contribution < -0.4 is 4.72 Å². The Morgan fingerprint density at radius 3 is 2.40 bits per heavy atom. The van der Waals surface area contributed by atoms with Crippen LogP contribution in [-0.4, -0.2) is 13.4 Å². The van der Waals surface area contributed by atoms with Crippen molar-refractivity contribution in [1.29, 1.82) is 0 Å². The van der Waals surface area contributed by atoms with E-state index in [1.807, 2.05) is 44.4 Å². The van der Waals surface area contributed by atoms with Crippen LogP contribution in [0, 0.1) is 6.92 Å². The molecule has 1 heterocycles. The van der Waals surface area contributed by atoms with Crippen LogP contribution in [0.15, 0.2) is 58.8 Å². The van der Waals surface area contributed by atoms with Crippen molar-refractivity contribution in [3.63, 3.8) is 0 Å². The Bertz CT molecular complexity index is 978. The number of rotatable bonds is 5. The summed E-state index contributed by atoms with van der Waals surface area (Å²) in [5.41, 5.74) is 2.95. The summed E-state index contributed by atoms with van der Waals surface area (Å²) in [6.45, 7) is 5.92. The average Bonchev–Trinajstić information content (AvgIpc) is 3.01. The maximum Gasteiger partial charge on any atom is 0.262 e. The molecule has 1 N–H and O–H groups in total. The zero-order chi connectivity index (χ0) is 18.0. The van der Waals surface area contributed by atoms with E-state index in [0.717, 1.165) is 21.8 Å². The van der Waals surface area contributed by atoms with E-state index in [9.17, 15) is 8.42 Å². The lowest BCUT2D eigenvalue weighted by atomic mass is 10.0. The Balaban J connectivity index is 2.08. The molecule has 6 heteroatoms. The summed E-state index contributed by atoms with van der Waals surface area (Å²) in [5, 5.41) is 2.90. The number of sulfonamides is 1. The van der Waals surface area contributed by atoms with E-state index >= 15 is 0 Å². The van der Waals surface area contributed by atoms with E-state index in [0.29, 0.717) is 10.6 Å². The highest BCUT2D eigenvalue weighted by Crippen LogP contribution is 2.31. The Hall–Kier alpha value is -2.18. The third-order valence-corrected chi connectivity index (χ3v) is 6.08. The first-order valence-electron chi connectivity index (χ1n) is 8.01. The molecule has 0 bridgehead atoms. The molecule has 0 aliphatic rings. The van der Waals surface area contributed by atoms with E-state index in [-0.39, 0.29) is 5.92 Å². The van der Waals surface area contributed by atoms with Crippen molar-refractivity contribution in [3.8, 4) is 11.3 Å². The van der Waals surface area contributed by atoms with Crippen LogP contribution in [0.3, 0.4) is 0 Å². The lowest BCUT2D eigenvalue weighted by Crippen LogP contribution is -2.15. The van der Waals surface area contributed by atoms with Gasteiger partial charge in [-0.25, -0.2) is 13.4 Å². The summed E-state index contributed by atoms with van der Waals surface area (Å²) in [5.74, 6) is 0.0913. The Morgan fingerprint density at radius 2 is 1.80 bits per heavy atom. The number of anilines is 1. The van der Waals surface area contributed by atoms with Crippen molar-refractivity contribution in [2.24, 2.45) is 0 Å². The summed E-state index contributed by atoms with van der Waals surface area (Å²) in [7, 11) is -3.69. The fourth-order valence-electron chi connectivity index (χ4n) is 2.62. The summed E-state index contributed by atoms with van der Waals surface area (Å²) >= 11 is 1.55. The first-order chi connectivity index (χ1) is 11.9. The highest BCUT2D eigenvalue weighted by molar-refractivity contribution is 7.92. The second kappa shape index (κ2) is 6.98. The number of thiazole rings is 1. The summed E-state index contributed by atoms with van der Waals surface area (Å²) < 4.78 is 28.6. The van der Waals surface area contributed by atoms with Crippen molar-refractivity contribution in [3.05, 3.63) is 64.5 Å². The van der Waals surface area contributed by atoms with Crippen molar-refractivity contribution in [2.45, 2.75) is 31.6 Å². The molecule has 0 amide bonds. The molecule has 3 aromatic rings. The fraction of sp³-hybridized carbons (Fsp3) is 0.211. The van der Waals surface area contributed by atoms with Gasteiger partial charge in [0.15, 0.2) is 0 Å². The van der Waals surface area contributed by atoms with E-state index in [4.69, 9.17) is 0 Å². The lowest BCUT2D eigenvalue weighted by molar-refractivity contribution is 0.599. The van der Waals surface area contributed by atoms with E-state index in [1.165, 1.54) is 0 Å². The van der Waals surface area contributed by atoms with Crippen molar-refractivity contribution >= 4 is 27.0 Å². The van der Waals surface area contributed by atoms with Gasteiger partial charge in [-0.15, -0.1) is 11.3 Å². The number of benzene rings is 2. The second-order valence-corrected chi connectivity index (χ2v) is 8.84. The van der Waals surface area contributed by atoms with Gasteiger partial charge in [-0.05, 0) is 36.6 Å². The number of aryl methyl sites for hydroxylation is 1. The monoisotopic (exact) mass is 372 g/mol. The molecule has 0 atom stereocenters. The van der Waals surface area contributed by atoms with E-state index in [1.54, 1.807) is 41.7 Å². The summed E-state index contributed by atoms with van der Waals surface area (Å²) in [6, 6.07) is 14.5. The van der Waals surface area contributed by atoms with Crippen LogP contribution in [0.25, 0.3) is 11.3 Å². The topological polar surface area (TPSA) is 59.1 Å². The Kier molecular flexibility index (Phi) is 4.92. The first kappa shape index (κ1) is 17.6. The van der Waals surface area contributed by atoms with Crippen molar-refractivity contribution < 1.29 is 8.42 Å². The van der Waals surface area contributed by atoms with Crippen LogP contribution >= 0.6 is 11.3 Å². The van der Waals surface area contributed by atoms with Crippen molar-refractivity contribution in [2.75, 3.05) is 4.72 Å². The summed E-state index contributed by atoms with van der Waals surface area (Å²) in [4.78, 5) is 4.77. The molecular formula is C19H20N2O2S2. The number of hydrogen-bond acceptors (Lipinski definition) is 4. The van der Waals surface area contributed by atoms with Crippen molar-refractivity contribution in [1.82, 2.24) is 4.98 Å². The Labute approximate surface area is 152 Å². The minimum absolute atomic E-state index is 0.0913. The normalized spacial score (nSPS) is 11.7. The zero-order valence-corrected chi connectivity index (χ0v) is 16.0. The molecule has 3 rings (SSSR count). The average molecular weight is 373 g/mol. The summed E-state index contributed by atoms with van der Waals surface area (Å²) in [6.07, 6.45) is 0. The molecule has 0 saturated heterocycles. The molecule has 0 spiro atoms. The van der Waals surface area contributed by atoms with Gasteiger partial charge in [-0.1, -0.05) is 44.2 Å². The van der Waals surface area contributed by atoms with Crippen LogP contribution in [0.5, 0.6) is 0 Å². The third-order valence-electron chi connectivity index (χ3n) is 3.87. The molecule has 0 saturated carbocycles. The molecule has 4 nitrogen and oxygen atoms in total. The highest BCUT2D eigenvalue weighted by Gasteiger charge is 2.21. The van der Waals surface area contributed by atoms with Crippen LogP contribution in [0.1, 0.15) is 30.3 Å². The molecule has 0 aliphatic heterocycles. The van der Waals surface area contributed by atoms with Crippen LogP contribution in [-0.2, 0) is 10.0 Å². The molecule has 2 aromatic carbocycles. The Morgan fingerprint density at radius 1 is 1.08 bits per heavy atom. The largest absolute Gasteiger partial charge is 0.280 e. The fourth-order valence-corrected chi connectivity index (χ4v) is 4.69. The zero-order valence-electron chi connectivity index (χ0n) is 14.4. The third kappa shape index (κ3) is 3.91. The smallest absolute Gasteiger partial charge is 0.262 e. The maximum atomic E-state index is 13.0. The SMILES string of the molecule is Cc1nc(-c2ccc(C(C)C)c(S(=O)(=O)Nc3ccccc3)c2)cs1. The van der Waals surface area contributed by atoms with Gasteiger partial charge in [0, 0.05) is 16.6 Å². The van der Waals surface area contributed by atoms with Gasteiger partial charge in [0.25, 0.3) is 10.0 Å². The molecule has 0 aliphatic carbocycles. The van der Waals surface area contributed by atoms with Gasteiger partial charge in [0.2, 0.25) is 0 Å². The van der Waals surface area contributed by atoms with Gasteiger partial charge in [-0.3, -0.25) is 4.72 Å². The predicted molar refractivity (Wildman–Crippen MR) is 104 cm³/mol. The van der Waals surface area contributed by atoms with E-state index < -0.39 is 10.0 Å². The maximum absolute atomic E-state index is 13.0. The van der Waals surface area contributed by atoms with Gasteiger partial charge < -0.3 is 0 Å². The number of hydrogen-bond donors (Lipinski definition) is 1. The van der Waals surface area contributed by atoms with E-state index in [2.05, 4.69) is 9.71 Å². The van der Waals surface area contributed by atoms with Crippen LogP contribution in [0.4, 0.5) is 5.69 Å². The molecule has 0 fully saturated rings. The van der Waals surface area contributed by atoms with Gasteiger partial charge in [0.05, 0.1) is 15.6 Å².